The topological polar surface area (TPSA) is 65.2 Å². The number of nitrogens with two attached hydrogens (primary N) is 1. The number of hydrogen-bond acceptors (Lipinski definition) is 4. The Labute approximate surface area is 107 Å². The van der Waals surface area contributed by atoms with E-state index < -0.39 is 5.60 Å². The van der Waals surface area contributed by atoms with Gasteiger partial charge in [-0.1, -0.05) is 6.07 Å². The van der Waals surface area contributed by atoms with Crippen molar-refractivity contribution in [2.24, 2.45) is 5.73 Å². The number of esters is 1. The van der Waals surface area contributed by atoms with E-state index in [0.717, 1.165) is 30.7 Å². The summed E-state index contributed by atoms with van der Waals surface area (Å²) < 4.78 is 5.42. The third-order valence-electron chi connectivity index (χ3n) is 2.98. The molecular formula is C12H17ClN2O2. The molecule has 0 radical (unpaired) electrons. The molecule has 94 valence electrons. The molecule has 0 aromatic carbocycles. The predicted octanol–water partition coefficient (Wildman–Crippen LogP) is 1.90. The molecular weight excluding hydrogens is 240 g/mol. The maximum atomic E-state index is 11.1. The summed E-state index contributed by atoms with van der Waals surface area (Å²) in [6.07, 6.45) is 2.78. The van der Waals surface area contributed by atoms with Crippen molar-refractivity contribution in [1.82, 2.24) is 4.98 Å². The summed E-state index contributed by atoms with van der Waals surface area (Å²) in [6, 6.07) is 5.69. The molecule has 1 aromatic rings. The van der Waals surface area contributed by atoms with Crippen molar-refractivity contribution in [1.29, 1.82) is 0 Å². The van der Waals surface area contributed by atoms with Crippen molar-refractivity contribution in [2.45, 2.75) is 38.3 Å². The van der Waals surface area contributed by atoms with Gasteiger partial charge in [0.2, 0.25) is 0 Å². The summed E-state index contributed by atoms with van der Waals surface area (Å²) in [5, 5.41) is 0. The van der Waals surface area contributed by atoms with Gasteiger partial charge in [-0.2, -0.15) is 0 Å². The van der Waals surface area contributed by atoms with Crippen molar-refractivity contribution in [2.75, 3.05) is 0 Å². The van der Waals surface area contributed by atoms with E-state index in [1.54, 1.807) is 0 Å². The molecule has 1 aliphatic rings. The number of pyridine rings is 1. The van der Waals surface area contributed by atoms with E-state index in [0.29, 0.717) is 6.54 Å². The predicted molar refractivity (Wildman–Crippen MR) is 66.7 cm³/mol. The van der Waals surface area contributed by atoms with Crippen LogP contribution in [0.4, 0.5) is 0 Å². The second-order valence-corrected chi connectivity index (χ2v) is 4.16. The van der Waals surface area contributed by atoms with Crippen molar-refractivity contribution in [3.05, 3.63) is 29.6 Å². The molecule has 5 heteroatoms. The largest absolute Gasteiger partial charge is 0.453 e. The van der Waals surface area contributed by atoms with E-state index in [2.05, 4.69) is 4.98 Å². The Bertz CT molecular complexity index is 405. The highest BCUT2D eigenvalue weighted by Crippen LogP contribution is 2.43. The first-order valence-electron chi connectivity index (χ1n) is 5.52. The minimum atomic E-state index is -0.489. The van der Waals surface area contributed by atoms with Gasteiger partial charge in [-0.25, -0.2) is 0 Å². The highest BCUT2D eigenvalue weighted by molar-refractivity contribution is 5.85. The molecule has 4 nitrogen and oxygen atoms in total. The summed E-state index contributed by atoms with van der Waals surface area (Å²) in [5.41, 5.74) is 6.72. The van der Waals surface area contributed by atoms with Gasteiger partial charge in [0.15, 0.2) is 5.60 Å². The lowest BCUT2D eigenvalue weighted by Crippen LogP contribution is -2.39. The normalized spacial score (nSPS) is 16.6. The highest BCUT2D eigenvalue weighted by Gasteiger charge is 2.43. The highest BCUT2D eigenvalue weighted by atomic mass is 35.5. The average molecular weight is 257 g/mol. The fourth-order valence-electron chi connectivity index (χ4n) is 2.03. The summed E-state index contributed by atoms with van der Waals surface area (Å²) in [5.74, 6) is -0.250. The van der Waals surface area contributed by atoms with Crippen LogP contribution < -0.4 is 5.73 Å². The van der Waals surface area contributed by atoms with Crippen molar-refractivity contribution in [3.8, 4) is 0 Å². The van der Waals surface area contributed by atoms with Crippen LogP contribution in [0.1, 0.15) is 37.6 Å². The van der Waals surface area contributed by atoms with E-state index in [4.69, 9.17) is 10.5 Å². The van der Waals surface area contributed by atoms with Crippen LogP contribution in [0.25, 0.3) is 0 Å². The number of ether oxygens (including phenoxy) is 1. The SMILES string of the molecule is CC(=O)OC1(c2cccc(CN)n2)CCC1.Cl. The maximum absolute atomic E-state index is 11.1. The zero-order valence-corrected chi connectivity index (χ0v) is 10.6. The summed E-state index contributed by atoms with van der Waals surface area (Å²) in [7, 11) is 0. The molecule has 1 aliphatic carbocycles. The molecule has 0 saturated heterocycles. The summed E-state index contributed by atoms with van der Waals surface area (Å²) >= 11 is 0. The van der Waals surface area contributed by atoms with Gasteiger partial charge in [0.1, 0.15) is 0 Å². The van der Waals surface area contributed by atoms with E-state index in [-0.39, 0.29) is 18.4 Å². The molecule has 1 fully saturated rings. The number of nitrogens with zero attached hydrogens (tertiary/aromatic N) is 1. The lowest BCUT2D eigenvalue weighted by Gasteiger charge is -2.40. The van der Waals surface area contributed by atoms with Crippen LogP contribution in [-0.4, -0.2) is 11.0 Å². The Hall–Kier alpha value is -1.13. The van der Waals surface area contributed by atoms with E-state index >= 15 is 0 Å². The molecule has 0 amide bonds. The van der Waals surface area contributed by atoms with Crippen LogP contribution in [0.2, 0.25) is 0 Å². The van der Waals surface area contributed by atoms with Gasteiger partial charge in [0.05, 0.1) is 11.4 Å². The average Bonchev–Trinajstić information content (AvgIpc) is 2.23. The number of carbonyl (C=O) groups is 1. The fourth-order valence-corrected chi connectivity index (χ4v) is 2.03. The van der Waals surface area contributed by atoms with Crippen molar-refractivity contribution < 1.29 is 9.53 Å². The van der Waals surface area contributed by atoms with Gasteiger partial charge in [0.25, 0.3) is 0 Å². The Balaban J connectivity index is 0.00000144. The molecule has 0 bridgehead atoms. The Morgan fingerprint density at radius 2 is 2.24 bits per heavy atom. The van der Waals surface area contributed by atoms with Crippen LogP contribution in [0, 0.1) is 0 Å². The molecule has 17 heavy (non-hydrogen) atoms. The Morgan fingerprint density at radius 1 is 1.53 bits per heavy atom. The lowest BCUT2D eigenvalue weighted by molar-refractivity contribution is -0.169. The smallest absolute Gasteiger partial charge is 0.303 e. The lowest BCUT2D eigenvalue weighted by atomic mass is 9.77. The summed E-state index contributed by atoms with van der Waals surface area (Å²) in [6.45, 7) is 1.84. The number of halogens is 1. The third kappa shape index (κ3) is 2.76. The first-order chi connectivity index (χ1) is 7.66. The van der Waals surface area contributed by atoms with Crippen LogP contribution >= 0.6 is 12.4 Å². The molecule has 2 rings (SSSR count). The first kappa shape index (κ1) is 13.9. The molecule has 0 spiro atoms. The zero-order valence-electron chi connectivity index (χ0n) is 9.81. The molecule has 0 aliphatic heterocycles. The second kappa shape index (κ2) is 5.47. The second-order valence-electron chi connectivity index (χ2n) is 4.16. The minimum Gasteiger partial charge on any atom is -0.453 e. The fraction of sp³-hybridized carbons (Fsp3) is 0.500. The molecule has 2 N–H and O–H groups in total. The zero-order chi connectivity index (χ0) is 11.6. The van der Waals surface area contributed by atoms with Crippen LogP contribution in [0.15, 0.2) is 18.2 Å². The standard InChI is InChI=1S/C12H16N2O2.ClH/c1-9(15)16-12(6-3-7-12)11-5-2-4-10(8-13)14-11;/h2,4-5H,3,6-8,13H2,1H3;1H. The maximum Gasteiger partial charge on any atom is 0.303 e. The van der Waals surface area contributed by atoms with Crippen LogP contribution in [-0.2, 0) is 21.7 Å². The first-order valence-corrected chi connectivity index (χ1v) is 5.52. The molecule has 1 aromatic heterocycles. The Morgan fingerprint density at radius 3 is 2.71 bits per heavy atom. The van der Waals surface area contributed by atoms with E-state index in [1.807, 2.05) is 18.2 Å². The Kier molecular flexibility index (Phi) is 4.48. The molecule has 0 unspecified atom stereocenters. The number of rotatable bonds is 3. The number of aromatic nitrogens is 1. The van der Waals surface area contributed by atoms with Crippen LogP contribution in [0.3, 0.4) is 0 Å². The van der Waals surface area contributed by atoms with Gasteiger partial charge >= 0.3 is 5.97 Å². The van der Waals surface area contributed by atoms with Gasteiger partial charge in [-0.15, -0.1) is 12.4 Å². The summed E-state index contributed by atoms with van der Waals surface area (Å²) in [4.78, 5) is 15.5. The minimum absolute atomic E-state index is 0. The number of hydrogen-bond donors (Lipinski definition) is 1. The van der Waals surface area contributed by atoms with Gasteiger partial charge in [0, 0.05) is 13.5 Å². The van der Waals surface area contributed by atoms with Crippen molar-refractivity contribution in [3.63, 3.8) is 0 Å². The number of carbonyl (C=O) groups excluding carboxylic acids is 1. The van der Waals surface area contributed by atoms with Gasteiger partial charge < -0.3 is 10.5 Å². The van der Waals surface area contributed by atoms with Gasteiger partial charge in [-0.3, -0.25) is 9.78 Å². The monoisotopic (exact) mass is 256 g/mol. The molecule has 1 saturated carbocycles. The molecule has 0 atom stereocenters. The third-order valence-corrected chi connectivity index (χ3v) is 2.98. The van der Waals surface area contributed by atoms with E-state index in [1.165, 1.54) is 6.92 Å². The van der Waals surface area contributed by atoms with Crippen molar-refractivity contribution >= 4 is 18.4 Å². The molecule has 1 heterocycles. The van der Waals surface area contributed by atoms with Gasteiger partial charge in [-0.05, 0) is 31.4 Å². The van der Waals surface area contributed by atoms with Crippen LogP contribution in [0.5, 0.6) is 0 Å². The van der Waals surface area contributed by atoms with E-state index in [9.17, 15) is 4.79 Å². The quantitative estimate of drug-likeness (QED) is 0.839.